The van der Waals surface area contributed by atoms with Crippen LogP contribution in [0.3, 0.4) is 0 Å². The van der Waals surface area contributed by atoms with Crippen LogP contribution in [0.4, 0.5) is 17.1 Å². The second kappa shape index (κ2) is 10.8. The number of hydrogen-bond donors (Lipinski definition) is 1. The van der Waals surface area contributed by atoms with E-state index in [0.29, 0.717) is 24.5 Å². The summed E-state index contributed by atoms with van der Waals surface area (Å²) in [5, 5.41) is 0. The standard InChI is InChI=1S/C26H29N5O3/c1-34-26(33)24-21(27)10-7-12-23(24)31(25(32)22-11-5-6-13-28-22)19-16-29-14-17-30(18-15-29)20-8-3-2-4-9-20/h2-13H,14-19,27H2,1H3. The molecule has 8 nitrogen and oxygen atoms in total. The van der Waals surface area contributed by atoms with Crippen LogP contribution >= 0.6 is 0 Å². The highest BCUT2D eigenvalue weighted by molar-refractivity contribution is 6.10. The maximum absolute atomic E-state index is 13.5. The molecule has 8 heteroatoms. The maximum atomic E-state index is 13.5. The van der Waals surface area contributed by atoms with Crippen LogP contribution in [0.2, 0.25) is 0 Å². The van der Waals surface area contributed by atoms with E-state index in [9.17, 15) is 9.59 Å². The molecule has 2 heterocycles. The Labute approximate surface area is 199 Å². The molecule has 2 aromatic carbocycles. The van der Waals surface area contributed by atoms with Crippen LogP contribution in [0.15, 0.2) is 72.9 Å². The van der Waals surface area contributed by atoms with Crippen LogP contribution in [-0.4, -0.2) is 68.1 Å². The lowest BCUT2D eigenvalue weighted by Gasteiger charge is -2.37. The van der Waals surface area contributed by atoms with Gasteiger partial charge in [0.1, 0.15) is 11.3 Å². The molecule has 1 aliphatic rings. The molecule has 34 heavy (non-hydrogen) atoms. The fourth-order valence-electron chi connectivity index (χ4n) is 4.18. The highest BCUT2D eigenvalue weighted by atomic mass is 16.5. The molecule has 1 amide bonds. The van der Waals surface area contributed by atoms with Crippen LogP contribution in [0.5, 0.6) is 0 Å². The molecule has 1 aliphatic heterocycles. The van der Waals surface area contributed by atoms with Crippen molar-refractivity contribution >= 4 is 28.9 Å². The van der Waals surface area contributed by atoms with Gasteiger partial charge in [0.05, 0.1) is 12.8 Å². The van der Waals surface area contributed by atoms with Crippen molar-refractivity contribution in [3.8, 4) is 0 Å². The number of nitrogens with two attached hydrogens (primary N) is 1. The summed E-state index contributed by atoms with van der Waals surface area (Å²) in [7, 11) is 1.30. The minimum Gasteiger partial charge on any atom is -0.465 e. The Balaban J connectivity index is 1.53. The van der Waals surface area contributed by atoms with Gasteiger partial charge >= 0.3 is 5.97 Å². The average Bonchev–Trinajstić information content (AvgIpc) is 2.89. The summed E-state index contributed by atoms with van der Waals surface area (Å²) in [6.07, 6.45) is 1.58. The van der Waals surface area contributed by atoms with Gasteiger partial charge in [0, 0.05) is 56.8 Å². The molecule has 1 saturated heterocycles. The molecule has 0 bridgehead atoms. The Kier molecular flexibility index (Phi) is 7.39. The number of nitrogen functional groups attached to an aromatic ring is 1. The Hall–Kier alpha value is -3.91. The lowest BCUT2D eigenvalue weighted by atomic mass is 10.1. The maximum Gasteiger partial charge on any atom is 0.342 e. The van der Waals surface area contributed by atoms with Crippen molar-refractivity contribution in [2.45, 2.75) is 0 Å². The number of carbonyl (C=O) groups excluding carboxylic acids is 2. The third-order valence-electron chi connectivity index (χ3n) is 6.02. The number of carbonyl (C=O) groups is 2. The molecule has 0 spiro atoms. The van der Waals surface area contributed by atoms with Crippen molar-refractivity contribution < 1.29 is 14.3 Å². The molecule has 0 saturated carbocycles. The first-order valence-corrected chi connectivity index (χ1v) is 11.3. The fraction of sp³-hybridized carbons (Fsp3) is 0.269. The highest BCUT2D eigenvalue weighted by Gasteiger charge is 2.27. The van der Waals surface area contributed by atoms with E-state index in [0.717, 1.165) is 26.2 Å². The Morgan fingerprint density at radius 3 is 2.38 bits per heavy atom. The lowest BCUT2D eigenvalue weighted by Crippen LogP contribution is -2.49. The average molecular weight is 460 g/mol. The molecule has 2 N–H and O–H groups in total. The van der Waals surface area contributed by atoms with Crippen LogP contribution < -0.4 is 15.5 Å². The van der Waals surface area contributed by atoms with Gasteiger partial charge in [-0.25, -0.2) is 4.79 Å². The molecule has 0 aliphatic carbocycles. The number of esters is 1. The van der Waals surface area contributed by atoms with Gasteiger partial charge < -0.3 is 20.3 Å². The number of benzene rings is 2. The van der Waals surface area contributed by atoms with E-state index in [4.69, 9.17) is 10.5 Å². The van der Waals surface area contributed by atoms with Crippen LogP contribution in [-0.2, 0) is 4.74 Å². The number of pyridine rings is 1. The molecule has 1 fully saturated rings. The first kappa shape index (κ1) is 23.3. The van der Waals surface area contributed by atoms with Crippen molar-refractivity contribution in [1.29, 1.82) is 0 Å². The van der Waals surface area contributed by atoms with Gasteiger partial charge in [-0.05, 0) is 36.4 Å². The van der Waals surface area contributed by atoms with E-state index < -0.39 is 5.97 Å². The number of amides is 1. The van der Waals surface area contributed by atoms with E-state index in [1.165, 1.54) is 12.8 Å². The summed E-state index contributed by atoms with van der Waals surface area (Å²) in [6.45, 7) is 4.60. The summed E-state index contributed by atoms with van der Waals surface area (Å²) in [5.74, 6) is -0.873. The molecule has 4 rings (SSSR count). The summed E-state index contributed by atoms with van der Waals surface area (Å²) in [5.41, 5.74) is 8.50. The van der Waals surface area contributed by atoms with Crippen molar-refractivity contribution in [2.75, 3.05) is 61.9 Å². The molecule has 1 aromatic heterocycles. The van der Waals surface area contributed by atoms with E-state index in [1.807, 2.05) is 18.2 Å². The van der Waals surface area contributed by atoms with Gasteiger partial charge in [-0.3, -0.25) is 14.7 Å². The van der Waals surface area contributed by atoms with Gasteiger partial charge in [-0.15, -0.1) is 0 Å². The zero-order valence-electron chi connectivity index (χ0n) is 19.3. The quantitative estimate of drug-likeness (QED) is 0.429. The number of piperazine rings is 1. The van der Waals surface area contributed by atoms with E-state index in [-0.39, 0.29) is 17.2 Å². The summed E-state index contributed by atoms with van der Waals surface area (Å²) in [4.78, 5) is 36.5. The molecule has 0 unspecified atom stereocenters. The van der Waals surface area contributed by atoms with E-state index >= 15 is 0 Å². The van der Waals surface area contributed by atoms with Crippen LogP contribution in [0.1, 0.15) is 20.8 Å². The number of anilines is 3. The number of ether oxygens (including phenoxy) is 1. The Morgan fingerprint density at radius 1 is 0.971 bits per heavy atom. The van der Waals surface area contributed by atoms with Gasteiger partial charge in [0.2, 0.25) is 0 Å². The van der Waals surface area contributed by atoms with Crippen molar-refractivity contribution in [1.82, 2.24) is 9.88 Å². The predicted molar refractivity (Wildman–Crippen MR) is 133 cm³/mol. The molecular formula is C26H29N5O3. The second-order valence-electron chi connectivity index (χ2n) is 8.07. The molecule has 3 aromatic rings. The summed E-state index contributed by atoms with van der Waals surface area (Å²) < 4.78 is 4.95. The normalized spacial score (nSPS) is 14.0. The van der Waals surface area contributed by atoms with Crippen molar-refractivity contribution in [2.24, 2.45) is 0 Å². The predicted octanol–water partition coefficient (Wildman–Crippen LogP) is 2.92. The van der Waals surface area contributed by atoms with Gasteiger partial charge in [0.15, 0.2) is 0 Å². The minimum atomic E-state index is -0.580. The molecular weight excluding hydrogens is 430 g/mol. The lowest BCUT2D eigenvalue weighted by molar-refractivity contribution is 0.0602. The zero-order valence-corrected chi connectivity index (χ0v) is 19.3. The number of methoxy groups -OCH3 is 1. The molecule has 0 radical (unpaired) electrons. The van der Waals surface area contributed by atoms with Crippen molar-refractivity contribution in [3.63, 3.8) is 0 Å². The number of aromatic nitrogens is 1. The summed E-state index contributed by atoms with van der Waals surface area (Å²) in [6, 6.07) is 20.6. The zero-order chi connectivity index (χ0) is 23.9. The third kappa shape index (κ3) is 5.18. The Morgan fingerprint density at radius 2 is 1.71 bits per heavy atom. The number of para-hydroxylation sites is 1. The summed E-state index contributed by atoms with van der Waals surface area (Å²) >= 11 is 0. The topological polar surface area (TPSA) is 92.0 Å². The van der Waals surface area contributed by atoms with Gasteiger partial charge in [-0.2, -0.15) is 0 Å². The largest absolute Gasteiger partial charge is 0.465 e. The van der Waals surface area contributed by atoms with E-state index in [2.05, 4.69) is 26.9 Å². The van der Waals surface area contributed by atoms with Gasteiger partial charge in [-0.1, -0.05) is 30.3 Å². The van der Waals surface area contributed by atoms with Gasteiger partial charge in [0.25, 0.3) is 5.91 Å². The number of nitrogens with zero attached hydrogens (tertiary/aromatic N) is 4. The Bertz CT molecular complexity index is 1120. The smallest absolute Gasteiger partial charge is 0.342 e. The minimum absolute atomic E-state index is 0.183. The fourth-order valence-corrected chi connectivity index (χ4v) is 4.18. The third-order valence-corrected chi connectivity index (χ3v) is 6.02. The molecule has 176 valence electrons. The first-order valence-electron chi connectivity index (χ1n) is 11.3. The van der Waals surface area contributed by atoms with E-state index in [1.54, 1.807) is 47.5 Å². The molecule has 0 atom stereocenters. The number of rotatable bonds is 7. The van der Waals surface area contributed by atoms with Crippen LogP contribution in [0, 0.1) is 0 Å². The SMILES string of the molecule is COC(=O)c1c(N)cccc1N(CCN1CCN(c2ccccc2)CC1)C(=O)c1ccccn1. The first-order chi connectivity index (χ1) is 16.6. The second-order valence-corrected chi connectivity index (χ2v) is 8.07. The van der Waals surface area contributed by atoms with Crippen LogP contribution in [0.25, 0.3) is 0 Å². The van der Waals surface area contributed by atoms with Crippen molar-refractivity contribution in [3.05, 3.63) is 84.2 Å². The number of hydrogen-bond acceptors (Lipinski definition) is 7. The monoisotopic (exact) mass is 459 g/mol. The highest BCUT2D eigenvalue weighted by Crippen LogP contribution is 2.28.